The van der Waals surface area contributed by atoms with Crippen molar-refractivity contribution in [2.24, 2.45) is 4.40 Å². The summed E-state index contributed by atoms with van der Waals surface area (Å²) in [5.41, 5.74) is 1.45. The van der Waals surface area contributed by atoms with E-state index in [4.69, 9.17) is 4.74 Å². The second-order valence-corrected chi connectivity index (χ2v) is 6.41. The quantitative estimate of drug-likeness (QED) is 0.874. The molecule has 0 aromatic heterocycles. The van der Waals surface area contributed by atoms with Crippen molar-refractivity contribution in [2.45, 2.75) is 11.8 Å². The van der Waals surface area contributed by atoms with Crippen LogP contribution in [0.5, 0.6) is 0 Å². The number of nitrogens with zero attached hydrogens (tertiary/aromatic N) is 1. The number of esters is 1. The van der Waals surface area contributed by atoms with E-state index in [9.17, 15) is 13.2 Å². The highest BCUT2D eigenvalue weighted by Crippen LogP contribution is 2.26. The average molecular weight is 330 g/mol. The minimum absolute atomic E-state index is 0.170. The third kappa shape index (κ3) is 2.95. The van der Waals surface area contributed by atoms with E-state index < -0.39 is 16.0 Å². The first kappa shape index (κ1) is 15.2. The number of carbonyl (C=O) groups is 1. The Bertz CT molecular complexity index is 904. The Morgan fingerprint density at radius 1 is 1.17 bits per heavy atom. The minimum Gasteiger partial charge on any atom is -0.462 e. The number of rotatable bonds is 3. The zero-order valence-corrected chi connectivity index (χ0v) is 13.1. The first-order valence-electron chi connectivity index (χ1n) is 7.00. The zero-order valence-electron chi connectivity index (χ0n) is 12.3. The molecule has 0 radical (unpaired) electrons. The predicted octanol–water partition coefficient (Wildman–Crippen LogP) is 2.42. The number of anilines is 1. The maximum atomic E-state index is 12.0. The maximum absolute atomic E-state index is 12.0. The smallest absolute Gasteiger partial charge is 0.338 e. The fourth-order valence-electron chi connectivity index (χ4n) is 2.27. The van der Waals surface area contributed by atoms with Crippen LogP contribution < -0.4 is 5.32 Å². The van der Waals surface area contributed by atoms with Gasteiger partial charge in [-0.2, -0.15) is 8.42 Å². The van der Waals surface area contributed by atoms with Crippen LogP contribution in [0.3, 0.4) is 0 Å². The Hall–Kier alpha value is -2.67. The van der Waals surface area contributed by atoms with Gasteiger partial charge >= 0.3 is 5.97 Å². The lowest BCUT2D eigenvalue weighted by atomic mass is 10.1. The largest absolute Gasteiger partial charge is 0.462 e. The Morgan fingerprint density at radius 3 is 2.74 bits per heavy atom. The first-order chi connectivity index (χ1) is 11.0. The average Bonchev–Trinajstić information content (AvgIpc) is 2.79. The van der Waals surface area contributed by atoms with Crippen LogP contribution in [-0.4, -0.2) is 26.8 Å². The monoisotopic (exact) mass is 330 g/mol. The topological polar surface area (TPSA) is 84.8 Å². The molecule has 0 bridgehead atoms. The summed E-state index contributed by atoms with van der Waals surface area (Å²) in [7, 11) is -3.68. The number of hydrogen-bond acceptors (Lipinski definition) is 5. The van der Waals surface area contributed by atoms with Crippen molar-refractivity contribution >= 4 is 27.5 Å². The van der Waals surface area contributed by atoms with Crippen molar-refractivity contribution in [3.8, 4) is 0 Å². The Morgan fingerprint density at radius 2 is 1.96 bits per heavy atom. The molecule has 0 amide bonds. The summed E-state index contributed by atoms with van der Waals surface area (Å²) in [5, 5.41) is 2.95. The lowest BCUT2D eigenvalue weighted by Crippen LogP contribution is -2.12. The summed E-state index contributed by atoms with van der Waals surface area (Å²) in [6.45, 7) is 2.02. The number of benzene rings is 2. The van der Waals surface area contributed by atoms with Crippen molar-refractivity contribution < 1.29 is 17.9 Å². The van der Waals surface area contributed by atoms with Gasteiger partial charge < -0.3 is 10.1 Å². The summed E-state index contributed by atoms with van der Waals surface area (Å²) in [6.07, 6.45) is 0. The molecule has 0 unspecified atom stereocenters. The molecule has 1 N–H and O–H groups in total. The van der Waals surface area contributed by atoms with Crippen LogP contribution in [0.4, 0.5) is 5.69 Å². The van der Waals surface area contributed by atoms with Crippen LogP contribution in [0, 0.1) is 0 Å². The van der Waals surface area contributed by atoms with Gasteiger partial charge in [0.1, 0.15) is 4.90 Å². The van der Waals surface area contributed by atoms with Gasteiger partial charge in [-0.25, -0.2) is 4.79 Å². The first-order valence-corrected chi connectivity index (χ1v) is 8.44. The lowest BCUT2D eigenvalue weighted by Gasteiger charge is -2.08. The molecule has 0 saturated heterocycles. The standard InChI is InChI=1S/C16H14N2O4S/c1-2-22-16(19)11-6-5-7-12(10-11)17-15-13-8-3-4-9-14(13)23(20,21)18-15/h3-10H,2H2,1H3,(H,17,18). The van der Waals surface area contributed by atoms with Gasteiger partial charge in [0.2, 0.25) is 0 Å². The minimum atomic E-state index is -3.68. The van der Waals surface area contributed by atoms with Gasteiger partial charge in [0.15, 0.2) is 5.84 Å². The van der Waals surface area contributed by atoms with E-state index in [2.05, 4.69) is 9.71 Å². The van der Waals surface area contributed by atoms with E-state index in [1.807, 2.05) is 0 Å². The van der Waals surface area contributed by atoms with Gasteiger partial charge in [0, 0.05) is 11.3 Å². The van der Waals surface area contributed by atoms with E-state index in [-0.39, 0.29) is 17.3 Å². The highest BCUT2D eigenvalue weighted by Gasteiger charge is 2.28. The van der Waals surface area contributed by atoms with Crippen LogP contribution in [0.2, 0.25) is 0 Å². The fraction of sp³-hybridized carbons (Fsp3) is 0.125. The van der Waals surface area contributed by atoms with E-state index >= 15 is 0 Å². The van der Waals surface area contributed by atoms with Crippen molar-refractivity contribution in [1.29, 1.82) is 0 Å². The molecule has 1 aliphatic heterocycles. The summed E-state index contributed by atoms with van der Waals surface area (Å²) in [5.74, 6) is -0.195. The highest BCUT2D eigenvalue weighted by atomic mass is 32.2. The summed E-state index contributed by atoms with van der Waals surface area (Å²) in [4.78, 5) is 11.9. The van der Waals surface area contributed by atoms with Gasteiger partial charge in [-0.1, -0.05) is 18.2 Å². The number of nitrogens with one attached hydrogen (secondary N) is 1. The fourth-order valence-corrected chi connectivity index (χ4v) is 3.45. The van der Waals surface area contributed by atoms with Gasteiger partial charge in [-0.3, -0.25) is 0 Å². The Balaban J connectivity index is 1.92. The Labute approximate surface area is 133 Å². The number of carbonyl (C=O) groups excluding carboxylic acids is 1. The lowest BCUT2D eigenvalue weighted by molar-refractivity contribution is 0.0526. The normalized spacial score (nSPS) is 14.7. The van der Waals surface area contributed by atoms with Crippen LogP contribution in [0.1, 0.15) is 22.8 Å². The molecule has 7 heteroatoms. The van der Waals surface area contributed by atoms with E-state index in [0.29, 0.717) is 16.8 Å². The molecule has 2 aromatic rings. The second kappa shape index (κ2) is 5.85. The van der Waals surface area contributed by atoms with Gasteiger partial charge in [-0.15, -0.1) is 4.40 Å². The van der Waals surface area contributed by atoms with Gasteiger partial charge in [0.05, 0.1) is 12.2 Å². The molecule has 3 rings (SSSR count). The molecule has 23 heavy (non-hydrogen) atoms. The zero-order chi connectivity index (χ0) is 16.4. The molecular formula is C16H14N2O4S. The van der Waals surface area contributed by atoms with Crippen molar-refractivity contribution in [1.82, 2.24) is 0 Å². The number of hydrogen-bond donors (Lipinski definition) is 1. The molecule has 0 saturated carbocycles. The van der Waals surface area contributed by atoms with Crippen LogP contribution in [0.25, 0.3) is 0 Å². The molecule has 0 spiro atoms. The molecule has 0 fully saturated rings. The summed E-state index contributed by atoms with van der Waals surface area (Å²) < 4.78 is 32.7. The second-order valence-electron chi connectivity index (χ2n) is 4.84. The number of amidine groups is 1. The van der Waals surface area contributed by atoms with Gasteiger partial charge in [-0.05, 0) is 37.3 Å². The van der Waals surface area contributed by atoms with Crippen molar-refractivity contribution in [3.05, 3.63) is 59.7 Å². The highest BCUT2D eigenvalue weighted by molar-refractivity contribution is 7.90. The molecular weight excluding hydrogens is 316 g/mol. The van der Waals surface area contributed by atoms with E-state index in [1.54, 1.807) is 49.4 Å². The summed E-state index contributed by atoms with van der Waals surface area (Å²) >= 11 is 0. The van der Waals surface area contributed by atoms with E-state index in [0.717, 1.165) is 0 Å². The third-order valence-electron chi connectivity index (χ3n) is 3.27. The molecule has 0 atom stereocenters. The number of ether oxygens (including phenoxy) is 1. The molecule has 2 aromatic carbocycles. The van der Waals surface area contributed by atoms with Crippen LogP contribution in [0.15, 0.2) is 57.8 Å². The third-order valence-corrected chi connectivity index (χ3v) is 4.60. The van der Waals surface area contributed by atoms with Crippen molar-refractivity contribution in [2.75, 3.05) is 11.9 Å². The molecule has 1 aliphatic rings. The van der Waals surface area contributed by atoms with Gasteiger partial charge in [0.25, 0.3) is 10.0 Å². The predicted molar refractivity (Wildman–Crippen MR) is 86.2 cm³/mol. The van der Waals surface area contributed by atoms with Crippen molar-refractivity contribution in [3.63, 3.8) is 0 Å². The Kier molecular flexibility index (Phi) is 3.87. The van der Waals surface area contributed by atoms with E-state index in [1.165, 1.54) is 6.07 Å². The molecule has 6 nitrogen and oxygen atoms in total. The molecule has 0 aliphatic carbocycles. The summed E-state index contributed by atoms with van der Waals surface area (Å²) in [6, 6.07) is 13.2. The molecule has 118 valence electrons. The number of fused-ring (bicyclic) bond motifs is 1. The maximum Gasteiger partial charge on any atom is 0.338 e. The number of sulfonamides is 1. The molecule has 1 heterocycles. The SMILES string of the molecule is CCOC(=O)c1cccc(NC2=NS(=O)(=O)c3ccccc32)c1. The van der Waals surface area contributed by atoms with Crippen LogP contribution >= 0.6 is 0 Å². The van der Waals surface area contributed by atoms with Crippen LogP contribution in [-0.2, 0) is 14.8 Å².